The number of hydrogen-bond acceptors (Lipinski definition) is 2. The molecule has 0 N–H and O–H groups in total. The molecule has 0 aliphatic rings. The first-order valence-corrected chi connectivity index (χ1v) is 8.92. The third-order valence-corrected chi connectivity index (χ3v) is 5.38. The van der Waals surface area contributed by atoms with Crippen molar-refractivity contribution < 1.29 is 9.00 Å². The highest BCUT2D eigenvalue weighted by Gasteiger charge is 2.09. The fourth-order valence-corrected chi connectivity index (χ4v) is 3.61. The summed E-state index contributed by atoms with van der Waals surface area (Å²) in [5.74, 6) is 0.622. The summed E-state index contributed by atoms with van der Waals surface area (Å²) in [4.78, 5) is 12.9. The zero-order chi connectivity index (χ0) is 15.2. The van der Waals surface area contributed by atoms with E-state index in [2.05, 4.69) is 15.9 Å². The molecule has 0 aliphatic carbocycles. The van der Waals surface area contributed by atoms with Crippen LogP contribution in [0.4, 0.5) is 0 Å². The van der Waals surface area contributed by atoms with E-state index in [0.717, 1.165) is 14.9 Å². The molecule has 0 aliphatic heterocycles. The number of aryl methyl sites for hydroxylation is 1. The lowest BCUT2D eigenvalue weighted by atomic mass is 10.1. The van der Waals surface area contributed by atoms with E-state index in [4.69, 9.17) is 0 Å². The number of hydrogen-bond donors (Lipinski definition) is 0. The predicted octanol–water partition coefficient (Wildman–Crippen LogP) is 4.53. The first-order valence-electron chi connectivity index (χ1n) is 6.80. The Labute approximate surface area is 136 Å². The molecule has 0 saturated heterocycles. The standard InChI is InChI=1S/C17H17BrO2S/c1-13-5-2-3-7-17(13)21(20)12-4-6-16(19)14-8-10-15(18)11-9-14/h2-3,5,7-11H,4,6,12H2,1H3. The molecule has 0 bridgehead atoms. The molecular weight excluding hydrogens is 348 g/mol. The van der Waals surface area contributed by atoms with Crippen LogP contribution in [-0.4, -0.2) is 15.7 Å². The van der Waals surface area contributed by atoms with E-state index in [1.165, 1.54) is 0 Å². The van der Waals surface area contributed by atoms with Gasteiger partial charge < -0.3 is 0 Å². The minimum absolute atomic E-state index is 0.101. The smallest absolute Gasteiger partial charge is 0.162 e. The van der Waals surface area contributed by atoms with Crippen LogP contribution in [0.5, 0.6) is 0 Å². The lowest BCUT2D eigenvalue weighted by molar-refractivity contribution is 0.0982. The van der Waals surface area contributed by atoms with Crippen molar-refractivity contribution in [1.29, 1.82) is 0 Å². The van der Waals surface area contributed by atoms with E-state index < -0.39 is 10.8 Å². The van der Waals surface area contributed by atoms with Gasteiger partial charge in [-0.1, -0.05) is 46.3 Å². The quantitative estimate of drug-likeness (QED) is 0.705. The van der Waals surface area contributed by atoms with E-state index in [1.54, 1.807) is 0 Å². The van der Waals surface area contributed by atoms with Crippen LogP contribution in [0.3, 0.4) is 0 Å². The van der Waals surface area contributed by atoms with Crippen molar-refractivity contribution in [3.05, 3.63) is 64.1 Å². The van der Waals surface area contributed by atoms with E-state index in [9.17, 15) is 9.00 Å². The van der Waals surface area contributed by atoms with Crippen LogP contribution < -0.4 is 0 Å². The Hall–Kier alpha value is -1.26. The largest absolute Gasteiger partial charge is 0.294 e. The predicted molar refractivity (Wildman–Crippen MR) is 90.2 cm³/mol. The normalized spacial score (nSPS) is 12.1. The van der Waals surface area contributed by atoms with Gasteiger partial charge in [0.2, 0.25) is 0 Å². The third-order valence-electron chi connectivity index (χ3n) is 3.24. The fourth-order valence-electron chi connectivity index (χ4n) is 2.07. The molecule has 0 saturated carbocycles. The highest BCUT2D eigenvalue weighted by Crippen LogP contribution is 2.15. The zero-order valence-electron chi connectivity index (χ0n) is 11.8. The maximum atomic E-state index is 12.2. The van der Waals surface area contributed by atoms with Gasteiger partial charge in [-0.3, -0.25) is 9.00 Å². The first-order chi connectivity index (χ1) is 10.1. The summed E-state index contributed by atoms with van der Waals surface area (Å²) in [6.07, 6.45) is 1.06. The van der Waals surface area contributed by atoms with Crippen LogP contribution >= 0.6 is 15.9 Å². The van der Waals surface area contributed by atoms with Crippen molar-refractivity contribution in [1.82, 2.24) is 0 Å². The molecule has 0 amide bonds. The summed E-state index contributed by atoms with van der Waals surface area (Å²) >= 11 is 3.35. The third kappa shape index (κ3) is 4.61. The van der Waals surface area contributed by atoms with Gasteiger partial charge in [0.05, 0.1) is 10.8 Å². The van der Waals surface area contributed by atoms with Crippen LogP contribution in [0, 0.1) is 6.92 Å². The summed E-state index contributed by atoms with van der Waals surface area (Å²) in [5, 5.41) is 0. The fraction of sp³-hybridized carbons (Fsp3) is 0.235. The maximum absolute atomic E-state index is 12.2. The Bertz CT molecular complexity index is 650. The molecule has 0 spiro atoms. The van der Waals surface area contributed by atoms with Gasteiger partial charge in [0.1, 0.15) is 0 Å². The van der Waals surface area contributed by atoms with Crippen molar-refractivity contribution in [3.63, 3.8) is 0 Å². The molecule has 110 valence electrons. The molecule has 0 heterocycles. The molecule has 4 heteroatoms. The monoisotopic (exact) mass is 364 g/mol. The van der Waals surface area contributed by atoms with Crippen molar-refractivity contribution in [2.45, 2.75) is 24.7 Å². The molecule has 2 aromatic rings. The molecule has 1 atom stereocenters. The summed E-state index contributed by atoms with van der Waals surface area (Å²) in [5.41, 5.74) is 1.75. The summed E-state index contributed by atoms with van der Waals surface area (Å²) in [6, 6.07) is 15.0. The molecule has 2 aromatic carbocycles. The highest BCUT2D eigenvalue weighted by molar-refractivity contribution is 9.10. The van der Waals surface area contributed by atoms with Gasteiger partial charge in [0.25, 0.3) is 0 Å². The summed E-state index contributed by atoms with van der Waals surface area (Å²) < 4.78 is 13.2. The van der Waals surface area contributed by atoms with Gasteiger partial charge in [-0.15, -0.1) is 0 Å². The van der Waals surface area contributed by atoms with Crippen molar-refractivity contribution in [2.24, 2.45) is 0 Å². The second-order valence-electron chi connectivity index (χ2n) is 4.85. The minimum Gasteiger partial charge on any atom is -0.294 e. The van der Waals surface area contributed by atoms with Crippen molar-refractivity contribution in [2.75, 3.05) is 5.75 Å². The van der Waals surface area contributed by atoms with E-state index in [0.29, 0.717) is 24.2 Å². The SMILES string of the molecule is Cc1ccccc1S(=O)CCCC(=O)c1ccc(Br)cc1. The van der Waals surface area contributed by atoms with Gasteiger partial charge in [-0.2, -0.15) is 0 Å². The average Bonchev–Trinajstić information content (AvgIpc) is 2.48. The molecule has 0 fully saturated rings. The molecule has 21 heavy (non-hydrogen) atoms. The maximum Gasteiger partial charge on any atom is 0.162 e. The van der Waals surface area contributed by atoms with Gasteiger partial charge in [-0.05, 0) is 37.1 Å². The number of carbonyl (C=O) groups excluding carboxylic acids is 1. The number of Topliss-reactive ketones (excluding diaryl/α,β-unsaturated/α-hetero) is 1. The number of carbonyl (C=O) groups is 1. The molecule has 0 radical (unpaired) electrons. The zero-order valence-corrected chi connectivity index (χ0v) is 14.2. The van der Waals surface area contributed by atoms with Gasteiger partial charge in [0, 0.05) is 27.1 Å². The number of halogens is 1. The Morgan fingerprint density at radius 3 is 2.43 bits per heavy atom. The highest BCUT2D eigenvalue weighted by atomic mass is 79.9. The summed E-state index contributed by atoms with van der Waals surface area (Å²) in [6.45, 7) is 1.96. The number of rotatable bonds is 6. The van der Waals surface area contributed by atoms with Crippen LogP contribution in [0.2, 0.25) is 0 Å². The van der Waals surface area contributed by atoms with E-state index in [1.807, 2.05) is 55.5 Å². The average molecular weight is 365 g/mol. The molecule has 0 aromatic heterocycles. The van der Waals surface area contributed by atoms with Crippen LogP contribution in [-0.2, 0) is 10.8 Å². The van der Waals surface area contributed by atoms with Gasteiger partial charge >= 0.3 is 0 Å². The topological polar surface area (TPSA) is 34.1 Å². The Kier molecular flexibility index (Phi) is 5.88. The number of ketones is 1. The van der Waals surface area contributed by atoms with E-state index >= 15 is 0 Å². The van der Waals surface area contributed by atoms with Gasteiger partial charge in [0.15, 0.2) is 5.78 Å². The Balaban J connectivity index is 1.87. The van der Waals surface area contributed by atoms with Gasteiger partial charge in [-0.25, -0.2) is 0 Å². The lowest BCUT2D eigenvalue weighted by Crippen LogP contribution is -2.04. The van der Waals surface area contributed by atoms with Crippen molar-refractivity contribution >= 4 is 32.5 Å². The molecule has 1 unspecified atom stereocenters. The Morgan fingerprint density at radius 1 is 1.10 bits per heavy atom. The first kappa shape index (κ1) is 16.1. The van der Waals surface area contributed by atoms with Crippen LogP contribution in [0.15, 0.2) is 57.9 Å². The van der Waals surface area contributed by atoms with Crippen LogP contribution in [0.25, 0.3) is 0 Å². The van der Waals surface area contributed by atoms with Crippen molar-refractivity contribution in [3.8, 4) is 0 Å². The number of benzene rings is 2. The minimum atomic E-state index is -1.03. The second kappa shape index (κ2) is 7.66. The second-order valence-corrected chi connectivity index (χ2v) is 7.30. The molecular formula is C17H17BrO2S. The summed E-state index contributed by atoms with van der Waals surface area (Å²) in [7, 11) is -1.03. The molecule has 2 rings (SSSR count). The van der Waals surface area contributed by atoms with Crippen LogP contribution in [0.1, 0.15) is 28.8 Å². The van der Waals surface area contributed by atoms with E-state index in [-0.39, 0.29) is 5.78 Å². The molecule has 2 nitrogen and oxygen atoms in total. The lowest BCUT2D eigenvalue weighted by Gasteiger charge is -2.05. The Morgan fingerprint density at radius 2 is 1.76 bits per heavy atom.